The van der Waals surface area contributed by atoms with Crippen molar-refractivity contribution in [1.82, 2.24) is 5.32 Å². The summed E-state index contributed by atoms with van der Waals surface area (Å²) in [5.74, 6) is -0.0676. The smallest absolute Gasteiger partial charge is 0.220 e. The lowest BCUT2D eigenvalue weighted by molar-refractivity contribution is -0.123. The Hall–Kier alpha value is -1.39. The maximum atomic E-state index is 12.5. The number of carbonyl (C=O) groups excluding carboxylic acids is 1. The molecule has 0 spiro atoms. The maximum Gasteiger partial charge on any atom is 0.220 e. The Morgan fingerprint density at radius 1 is 0.354 bits per heavy atom. The van der Waals surface area contributed by atoms with Crippen molar-refractivity contribution >= 4 is 5.91 Å². The van der Waals surface area contributed by atoms with Crippen LogP contribution in [-0.2, 0) is 4.79 Å². The number of aliphatic hydroxyl groups excluding tert-OH is 2. The van der Waals surface area contributed by atoms with Gasteiger partial charge in [0.1, 0.15) is 0 Å². The molecule has 2 atom stereocenters. The van der Waals surface area contributed by atoms with Gasteiger partial charge in [-0.15, -0.1) is 0 Å². The first-order valence-corrected chi connectivity index (χ1v) is 29.7. The zero-order valence-corrected chi connectivity index (χ0v) is 44.3. The second-order valence-electron chi connectivity index (χ2n) is 20.4. The zero-order chi connectivity index (χ0) is 47.0. The molecule has 384 valence electrons. The van der Waals surface area contributed by atoms with E-state index in [-0.39, 0.29) is 12.5 Å². The molecule has 0 rings (SSSR count). The van der Waals surface area contributed by atoms with Gasteiger partial charge in [-0.25, -0.2) is 0 Å². The van der Waals surface area contributed by atoms with Gasteiger partial charge in [-0.1, -0.05) is 301 Å². The Morgan fingerprint density at radius 2 is 0.600 bits per heavy atom. The molecule has 2 unspecified atom stereocenters. The van der Waals surface area contributed by atoms with E-state index in [0.717, 1.165) is 32.1 Å². The van der Waals surface area contributed by atoms with Crippen LogP contribution in [0.1, 0.15) is 328 Å². The van der Waals surface area contributed by atoms with Gasteiger partial charge >= 0.3 is 0 Å². The van der Waals surface area contributed by atoms with Crippen molar-refractivity contribution in [3.8, 4) is 0 Å². The van der Waals surface area contributed by atoms with Gasteiger partial charge in [0.25, 0.3) is 0 Å². The third kappa shape index (κ3) is 53.4. The molecule has 4 nitrogen and oxygen atoms in total. The molecule has 0 radical (unpaired) electrons. The van der Waals surface area contributed by atoms with E-state index in [0.29, 0.717) is 6.42 Å². The molecule has 0 aliphatic heterocycles. The number of carbonyl (C=O) groups is 1. The topological polar surface area (TPSA) is 69.6 Å². The summed E-state index contributed by atoms with van der Waals surface area (Å²) < 4.78 is 0. The predicted octanol–water partition coefficient (Wildman–Crippen LogP) is 19.6. The molecule has 65 heavy (non-hydrogen) atoms. The van der Waals surface area contributed by atoms with E-state index < -0.39 is 12.1 Å². The summed E-state index contributed by atoms with van der Waals surface area (Å²) in [6, 6.07) is -0.638. The minimum Gasteiger partial charge on any atom is -0.394 e. The quantitative estimate of drug-likeness (QED) is 0.0421. The van der Waals surface area contributed by atoms with Crippen LogP contribution < -0.4 is 5.32 Å². The van der Waals surface area contributed by atoms with Crippen molar-refractivity contribution < 1.29 is 15.0 Å². The molecule has 0 fully saturated rings. The number of rotatable bonds is 55. The van der Waals surface area contributed by atoms with Crippen molar-refractivity contribution in [2.45, 2.75) is 341 Å². The Labute approximate surface area is 408 Å². The van der Waals surface area contributed by atoms with Gasteiger partial charge in [0.05, 0.1) is 18.8 Å². The summed E-state index contributed by atoms with van der Waals surface area (Å²) in [7, 11) is 0. The molecule has 0 aromatic carbocycles. The van der Waals surface area contributed by atoms with Crippen LogP contribution in [-0.4, -0.2) is 34.9 Å². The van der Waals surface area contributed by atoms with Gasteiger partial charge in [0.15, 0.2) is 0 Å². The zero-order valence-electron chi connectivity index (χ0n) is 44.3. The Kier molecular flexibility index (Phi) is 55.7. The van der Waals surface area contributed by atoms with Crippen LogP contribution in [0.4, 0.5) is 0 Å². The summed E-state index contributed by atoms with van der Waals surface area (Å²) >= 11 is 0. The third-order valence-corrected chi connectivity index (χ3v) is 13.8. The molecule has 0 bridgehead atoms. The summed E-state index contributed by atoms with van der Waals surface area (Å²) in [5.41, 5.74) is 0. The molecule has 0 heterocycles. The van der Waals surface area contributed by atoms with Crippen LogP contribution in [0.5, 0.6) is 0 Å². The molecule has 0 saturated heterocycles. The second-order valence-corrected chi connectivity index (χ2v) is 20.4. The van der Waals surface area contributed by atoms with Gasteiger partial charge < -0.3 is 15.5 Å². The highest BCUT2D eigenvalue weighted by Gasteiger charge is 2.18. The van der Waals surface area contributed by atoms with Gasteiger partial charge in [0, 0.05) is 6.42 Å². The van der Waals surface area contributed by atoms with Crippen LogP contribution in [0, 0.1) is 0 Å². The first-order valence-electron chi connectivity index (χ1n) is 29.7. The SMILES string of the molecule is CCCCCCCCCC/C=C\CCCCCCCCCCCCCCCCCCCCCC(=O)NC(CO)C(O)/C=C/CC/C=C/CCCCCCCCCCCCCCCCCC. The highest BCUT2D eigenvalue weighted by Crippen LogP contribution is 2.17. The Morgan fingerprint density at radius 3 is 0.892 bits per heavy atom. The largest absolute Gasteiger partial charge is 0.394 e. The average Bonchev–Trinajstić information content (AvgIpc) is 3.31. The minimum atomic E-state index is -0.861. The van der Waals surface area contributed by atoms with Crippen molar-refractivity contribution in [3.05, 3.63) is 36.5 Å². The molecule has 0 aromatic heterocycles. The third-order valence-electron chi connectivity index (χ3n) is 13.8. The van der Waals surface area contributed by atoms with Crippen LogP contribution in [0.25, 0.3) is 0 Å². The maximum absolute atomic E-state index is 12.5. The summed E-state index contributed by atoms with van der Waals surface area (Å²) in [6.45, 7) is 4.33. The lowest BCUT2D eigenvalue weighted by Crippen LogP contribution is -2.45. The van der Waals surface area contributed by atoms with Crippen LogP contribution in [0.15, 0.2) is 36.5 Å². The van der Waals surface area contributed by atoms with Gasteiger partial charge in [-0.3, -0.25) is 4.79 Å². The standard InChI is InChI=1S/C61H117NO3/c1-3-5-7-9-11-13-15-17-19-21-23-25-27-28-29-30-31-32-33-34-35-37-39-41-43-45-47-49-51-53-55-57-61(65)62-59(58-63)60(64)56-54-52-50-48-46-44-42-40-38-36-26-24-22-20-18-16-14-12-10-8-6-4-2/h21,23,46,48,54,56,59-60,63-64H,3-20,22,24-45,47,49-53,55,57-58H2,1-2H3,(H,62,65)/b23-21-,48-46+,56-54+. The van der Waals surface area contributed by atoms with Crippen molar-refractivity contribution in [3.63, 3.8) is 0 Å². The van der Waals surface area contributed by atoms with Crippen molar-refractivity contribution in [1.29, 1.82) is 0 Å². The van der Waals surface area contributed by atoms with E-state index in [1.54, 1.807) is 6.08 Å². The second kappa shape index (κ2) is 56.9. The summed E-state index contributed by atoms with van der Waals surface area (Å²) in [5, 5.41) is 23.2. The lowest BCUT2D eigenvalue weighted by atomic mass is 10.0. The highest BCUT2D eigenvalue weighted by atomic mass is 16.3. The van der Waals surface area contributed by atoms with Crippen LogP contribution in [0.3, 0.4) is 0 Å². The fraction of sp³-hybridized carbons (Fsp3) is 0.885. The fourth-order valence-electron chi connectivity index (χ4n) is 9.31. The van der Waals surface area contributed by atoms with E-state index in [9.17, 15) is 15.0 Å². The summed E-state index contributed by atoms with van der Waals surface area (Å²) in [6.07, 6.45) is 77.6. The molecule has 1 amide bonds. The van der Waals surface area contributed by atoms with E-state index in [2.05, 4.69) is 43.5 Å². The van der Waals surface area contributed by atoms with Crippen molar-refractivity contribution in [2.24, 2.45) is 0 Å². The fourth-order valence-corrected chi connectivity index (χ4v) is 9.31. The minimum absolute atomic E-state index is 0.0676. The van der Waals surface area contributed by atoms with E-state index in [1.165, 1.54) is 276 Å². The number of unbranched alkanes of at least 4 members (excludes halogenated alkanes) is 44. The lowest BCUT2D eigenvalue weighted by Gasteiger charge is -2.19. The molecule has 0 aliphatic rings. The molecule has 0 aliphatic carbocycles. The number of hydrogen-bond acceptors (Lipinski definition) is 3. The van der Waals surface area contributed by atoms with Gasteiger partial charge in [-0.2, -0.15) is 0 Å². The Bertz CT molecular complexity index is 989. The average molecular weight is 913 g/mol. The van der Waals surface area contributed by atoms with E-state index in [4.69, 9.17) is 0 Å². The highest BCUT2D eigenvalue weighted by molar-refractivity contribution is 5.76. The molecule has 4 heteroatoms. The normalized spacial score (nSPS) is 13.0. The Balaban J connectivity index is 3.47. The number of amides is 1. The molecule has 0 saturated carbocycles. The number of hydrogen-bond donors (Lipinski definition) is 3. The molecule has 3 N–H and O–H groups in total. The van der Waals surface area contributed by atoms with Gasteiger partial charge in [0.2, 0.25) is 5.91 Å². The van der Waals surface area contributed by atoms with Crippen LogP contribution >= 0.6 is 0 Å². The predicted molar refractivity (Wildman–Crippen MR) is 290 cm³/mol. The molecule has 0 aromatic rings. The first-order chi connectivity index (χ1) is 32.2. The summed E-state index contributed by atoms with van der Waals surface area (Å²) in [4.78, 5) is 12.5. The monoisotopic (exact) mass is 912 g/mol. The van der Waals surface area contributed by atoms with E-state index in [1.807, 2.05) is 6.08 Å². The molecular weight excluding hydrogens is 795 g/mol. The van der Waals surface area contributed by atoms with Crippen LogP contribution in [0.2, 0.25) is 0 Å². The first kappa shape index (κ1) is 63.6. The van der Waals surface area contributed by atoms with E-state index >= 15 is 0 Å². The number of nitrogens with one attached hydrogen (secondary N) is 1. The van der Waals surface area contributed by atoms with Gasteiger partial charge in [-0.05, 0) is 57.8 Å². The number of allylic oxidation sites excluding steroid dienone is 5. The van der Waals surface area contributed by atoms with Crippen molar-refractivity contribution in [2.75, 3.05) is 6.61 Å². The number of aliphatic hydroxyl groups is 2. The molecular formula is C61H117NO3.